The molecule has 11 heteroatoms. The number of benzene rings is 2. The van der Waals surface area contributed by atoms with Crippen LogP contribution in [0.4, 0.5) is 18.0 Å². The van der Waals surface area contributed by atoms with Crippen molar-refractivity contribution < 1.29 is 37.4 Å². The molecule has 0 radical (unpaired) electrons. The van der Waals surface area contributed by atoms with Gasteiger partial charge in [0.1, 0.15) is 17.7 Å². The van der Waals surface area contributed by atoms with Gasteiger partial charge in [-0.25, -0.2) is 4.79 Å². The molecule has 3 rings (SSSR count). The zero-order valence-corrected chi connectivity index (χ0v) is 22.4. The van der Waals surface area contributed by atoms with Crippen LogP contribution in [-0.4, -0.2) is 70.2 Å². The molecule has 2 aromatic carbocycles. The van der Waals surface area contributed by atoms with E-state index in [0.29, 0.717) is 5.56 Å². The maximum Gasteiger partial charge on any atom is 0.416 e. The molecule has 39 heavy (non-hydrogen) atoms. The fourth-order valence-corrected chi connectivity index (χ4v) is 4.32. The molecule has 1 aliphatic heterocycles. The number of halogens is 3. The summed E-state index contributed by atoms with van der Waals surface area (Å²) in [6.45, 7) is 5.15. The third-order valence-corrected chi connectivity index (χ3v) is 6.18. The van der Waals surface area contributed by atoms with Crippen molar-refractivity contribution in [3.63, 3.8) is 0 Å². The summed E-state index contributed by atoms with van der Waals surface area (Å²) in [5.41, 5.74) is -0.395. The Morgan fingerprint density at radius 2 is 1.67 bits per heavy atom. The van der Waals surface area contributed by atoms with Gasteiger partial charge in [0.05, 0.1) is 18.2 Å². The molecule has 1 heterocycles. The molecule has 1 fully saturated rings. The predicted octanol–water partition coefficient (Wildman–Crippen LogP) is 3.76. The minimum atomic E-state index is -4.51. The van der Waals surface area contributed by atoms with Gasteiger partial charge < -0.3 is 20.1 Å². The van der Waals surface area contributed by atoms with Crippen LogP contribution in [0.5, 0.6) is 0 Å². The largest absolute Gasteiger partial charge is 0.444 e. The molecule has 2 aromatic rings. The number of amides is 3. The highest BCUT2D eigenvalue weighted by Crippen LogP contribution is 2.29. The standard InChI is InChI=1S/C28H34F3N3O5/c1-27(2,3)39-26(38)34-17-21(35)15-23(34)24(36)32-22(14-18-10-12-20(13-11-18)28(29,30)31)25(37)33(4)16-19-8-6-5-7-9-19/h5-13,21-23,35H,14-17H2,1-4H3,(H,32,36)/t21-,22+,23+/m1/s1. The first kappa shape index (κ1) is 29.9. The summed E-state index contributed by atoms with van der Waals surface area (Å²) in [6.07, 6.45) is -6.37. The van der Waals surface area contributed by atoms with Crippen LogP contribution in [0, 0.1) is 0 Å². The van der Waals surface area contributed by atoms with Crippen LogP contribution in [0.2, 0.25) is 0 Å². The SMILES string of the molecule is CN(Cc1ccccc1)C(=O)[C@H](Cc1ccc(C(F)(F)F)cc1)NC(=O)[C@@H]1C[C@@H](O)CN1C(=O)OC(C)(C)C. The van der Waals surface area contributed by atoms with Crippen LogP contribution in [0.1, 0.15) is 43.9 Å². The third-order valence-electron chi connectivity index (χ3n) is 6.18. The van der Waals surface area contributed by atoms with E-state index in [9.17, 15) is 32.7 Å². The van der Waals surface area contributed by atoms with Gasteiger partial charge in [-0.3, -0.25) is 14.5 Å². The van der Waals surface area contributed by atoms with Crippen LogP contribution in [0.25, 0.3) is 0 Å². The lowest BCUT2D eigenvalue weighted by Gasteiger charge is -2.30. The second kappa shape index (κ2) is 12.1. The number of rotatable bonds is 7. The molecule has 2 N–H and O–H groups in total. The number of hydrogen-bond acceptors (Lipinski definition) is 5. The number of carbonyl (C=O) groups excluding carboxylic acids is 3. The lowest BCUT2D eigenvalue weighted by molar-refractivity contribution is -0.137. The van der Waals surface area contributed by atoms with Gasteiger partial charge in [-0.2, -0.15) is 13.2 Å². The summed E-state index contributed by atoms with van der Waals surface area (Å²) in [6, 6.07) is 11.3. The minimum absolute atomic E-state index is 0.0495. The molecule has 8 nitrogen and oxygen atoms in total. The number of nitrogens with zero attached hydrogens (tertiary/aromatic N) is 2. The first-order valence-corrected chi connectivity index (χ1v) is 12.6. The summed E-state index contributed by atoms with van der Waals surface area (Å²) >= 11 is 0. The number of likely N-dealkylation sites (N-methyl/N-ethyl adjacent to an activating group) is 1. The molecule has 3 amide bonds. The fourth-order valence-electron chi connectivity index (χ4n) is 4.32. The number of nitrogens with one attached hydrogen (secondary N) is 1. The van der Waals surface area contributed by atoms with Crippen molar-refractivity contribution in [1.82, 2.24) is 15.1 Å². The maximum absolute atomic E-state index is 13.5. The number of alkyl halides is 3. The summed E-state index contributed by atoms with van der Waals surface area (Å²) in [7, 11) is 1.56. The summed E-state index contributed by atoms with van der Waals surface area (Å²) in [4.78, 5) is 42.1. The Morgan fingerprint density at radius 1 is 1.05 bits per heavy atom. The molecule has 3 atom stereocenters. The van der Waals surface area contributed by atoms with E-state index in [1.54, 1.807) is 27.8 Å². The van der Waals surface area contributed by atoms with Crippen molar-refractivity contribution in [2.45, 2.75) is 70.1 Å². The Balaban J connectivity index is 1.82. The number of ether oxygens (including phenoxy) is 1. The molecular formula is C28H34F3N3O5. The van der Waals surface area contributed by atoms with E-state index in [0.717, 1.165) is 22.6 Å². The van der Waals surface area contributed by atoms with Gasteiger partial charge in [0, 0.05) is 26.4 Å². The Bertz CT molecular complexity index is 1150. The molecule has 0 bridgehead atoms. The van der Waals surface area contributed by atoms with Gasteiger partial charge in [-0.15, -0.1) is 0 Å². The first-order chi connectivity index (χ1) is 18.1. The highest BCUT2D eigenvalue weighted by molar-refractivity contribution is 5.91. The predicted molar refractivity (Wildman–Crippen MR) is 137 cm³/mol. The highest BCUT2D eigenvalue weighted by atomic mass is 19.4. The zero-order chi connectivity index (χ0) is 29.0. The average molecular weight is 550 g/mol. The van der Waals surface area contributed by atoms with E-state index >= 15 is 0 Å². The minimum Gasteiger partial charge on any atom is -0.444 e. The number of aliphatic hydroxyl groups excluding tert-OH is 1. The van der Waals surface area contributed by atoms with Crippen molar-refractivity contribution in [2.24, 2.45) is 0 Å². The van der Waals surface area contributed by atoms with E-state index < -0.39 is 53.4 Å². The number of β-amino-alcohol motifs (C(OH)–C–C–N with tert-alkyl or cyclic N) is 1. The van der Waals surface area contributed by atoms with Crippen molar-refractivity contribution in [1.29, 1.82) is 0 Å². The van der Waals surface area contributed by atoms with E-state index in [4.69, 9.17) is 4.74 Å². The van der Waals surface area contributed by atoms with E-state index in [-0.39, 0.29) is 25.9 Å². The lowest BCUT2D eigenvalue weighted by Crippen LogP contribution is -2.54. The van der Waals surface area contributed by atoms with Gasteiger partial charge in [0.15, 0.2) is 0 Å². The quantitative estimate of drug-likeness (QED) is 0.548. The maximum atomic E-state index is 13.5. The van der Waals surface area contributed by atoms with Gasteiger partial charge in [-0.1, -0.05) is 42.5 Å². The smallest absolute Gasteiger partial charge is 0.416 e. The van der Waals surface area contributed by atoms with Crippen LogP contribution in [-0.2, 0) is 33.5 Å². The molecule has 1 aliphatic rings. The zero-order valence-electron chi connectivity index (χ0n) is 22.4. The molecule has 0 aliphatic carbocycles. The molecule has 212 valence electrons. The molecule has 0 saturated carbocycles. The van der Waals surface area contributed by atoms with E-state index in [1.807, 2.05) is 30.3 Å². The van der Waals surface area contributed by atoms with Crippen LogP contribution >= 0.6 is 0 Å². The Morgan fingerprint density at radius 3 is 2.23 bits per heavy atom. The van der Waals surface area contributed by atoms with Crippen molar-refractivity contribution in [2.75, 3.05) is 13.6 Å². The van der Waals surface area contributed by atoms with Gasteiger partial charge in [0.2, 0.25) is 11.8 Å². The van der Waals surface area contributed by atoms with Crippen molar-refractivity contribution >= 4 is 17.9 Å². The number of aliphatic hydroxyl groups is 1. The van der Waals surface area contributed by atoms with Crippen LogP contribution < -0.4 is 5.32 Å². The monoisotopic (exact) mass is 549 g/mol. The number of carbonyl (C=O) groups is 3. The van der Waals surface area contributed by atoms with E-state index in [1.165, 1.54) is 17.0 Å². The Labute approximate surface area is 225 Å². The first-order valence-electron chi connectivity index (χ1n) is 12.6. The lowest BCUT2D eigenvalue weighted by atomic mass is 10.0. The summed E-state index contributed by atoms with van der Waals surface area (Å²) in [5, 5.41) is 12.9. The van der Waals surface area contributed by atoms with E-state index in [2.05, 4.69) is 5.32 Å². The van der Waals surface area contributed by atoms with Gasteiger partial charge in [0.25, 0.3) is 0 Å². The average Bonchev–Trinajstić information content (AvgIpc) is 3.24. The molecule has 0 unspecified atom stereocenters. The summed E-state index contributed by atoms with van der Waals surface area (Å²) < 4.78 is 44.4. The molecule has 0 aromatic heterocycles. The summed E-state index contributed by atoms with van der Waals surface area (Å²) in [5.74, 6) is -1.13. The van der Waals surface area contributed by atoms with Crippen LogP contribution in [0.15, 0.2) is 54.6 Å². The Hall–Kier alpha value is -3.60. The number of likely N-dealkylation sites (tertiary alicyclic amines) is 1. The van der Waals surface area contributed by atoms with Crippen molar-refractivity contribution in [3.8, 4) is 0 Å². The second-order valence-corrected chi connectivity index (χ2v) is 10.7. The van der Waals surface area contributed by atoms with Gasteiger partial charge >= 0.3 is 12.3 Å². The Kier molecular flexibility index (Phi) is 9.26. The fraction of sp³-hybridized carbons (Fsp3) is 0.464. The van der Waals surface area contributed by atoms with Crippen molar-refractivity contribution in [3.05, 3.63) is 71.3 Å². The molecular weight excluding hydrogens is 515 g/mol. The third kappa shape index (κ3) is 8.44. The highest BCUT2D eigenvalue weighted by Gasteiger charge is 2.42. The molecule has 0 spiro atoms. The molecule has 1 saturated heterocycles. The van der Waals surface area contributed by atoms with Crippen LogP contribution in [0.3, 0.4) is 0 Å². The topological polar surface area (TPSA) is 99.2 Å². The van der Waals surface area contributed by atoms with Gasteiger partial charge in [-0.05, 0) is 44.0 Å². The second-order valence-electron chi connectivity index (χ2n) is 10.7. The normalized spacial score (nSPS) is 18.4. The number of hydrogen-bond donors (Lipinski definition) is 2.